The minimum atomic E-state index is -0.721. The Morgan fingerprint density at radius 1 is 1.21 bits per heavy atom. The lowest BCUT2D eigenvalue weighted by atomic mass is 9.97. The molecule has 0 aromatic carbocycles. The number of hydrogen-bond acceptors (Lipinski definition) is 6. The van der Waals surface area contributed by atoms with Crippen LogP contribution in [0.15, 0.2) is 71.2 Å². The maximum Gasteiger partial charge on any atom is 0.373 e. The first-order valence-electron chi connectivity index (χ1n) is 12.7. The van der Waals surface area contributed by atoms with Crippen molar-refractivity contribution in [2.24, 2.45) is 11.8 Å². The van der Waals surface area contributed by atoms with Crippen molar-refractivity contribution in [3.05, 3.63) is 71.2 Å². The van der Waals surface area contributed by atoms with Gasteiger partial charge in [-0.15, -0.1) is 0 Å². The zero-order valence-corrected chi connectivity index (χ0v) is 23.8. The van der Waals surface area contributed by atoms with Gasteiger partial charge in [-0.2, -0.15) is 0 Å². The van der Waals surface area contributed by atoms with Gasteiger partial charge in [0.15, 0.2) is 5.76 Å². The third-order valence-corrected chi connectivity index (χ3v) is 5.87. The molecule has 3 N–H and O–H groups in total. The Labute approximate surface area is 231 Å². The number of ether oxygens (including phenoxy) is 2. The second-order valence-corrected chi connectivity index (χ2v) is 10.1. The van der Waals surface area contributed by atoms with Gasteiger partial charge in [0.25, 0.3) is 0 Å². The van der Waals surface area contributed by atoms with Crippen LogP contribution >= 0.6 is 11.6 Å². The summed E-state index contributed by atoms with van der Waals surface area (Å²) in [7, 11) is 1.44. The second kappa shape index (κ2) is 17.4. The van der Waals surface area contributed by atoms with Crippen LogP contribution in [0.25, 0.3) is 0 Å². The smallest absolute Gasteiger partial charge is 0.373 e. The fourth-order valence-electron chi connectivity index (χ4n) is 3.55. The number of nitrogens with one attached hydrogen (secondary N) is 2. The monoisotopic (exact) mass is 548 g/mol. The Morgan fingerprint density at radius 2 is 1.89 bits per heavy atom. The molecule has 38 heavy (non-hydrogen) atoms. The van der Waals surface area contributed by atoms with Gasteiger partial charge >= 0.3 is 5.97 Å². The van der Waals surface area contributed by atoms with Crippen molar-refractivity contribution in [3.63, 3.8) is 0 Å². The standard InChI is InChI=1S/C29H41ClN2O6/c1-19(2)27(28(35)31-17-9-11-23(33)14-13-22(5)30)32-26(34)12-8-7-10-20(3)18-21(4)24-15-16-25(37-6)29(36)38-24/h7-10,12-13,16-19,21,23-24,27,33H,11,14-15H2,1-6H3,(H,31,35)(H,32,34)/b10-7-,12-8-,17-9-,20-18+,22-13+/t21-,23+,24?,27-/m0/s1. The number of aliphatic hydroxyl groups is 1. The molecule has 0 saturated carbocycles. The van der Waals surface area contributed by atoms with Gasteiger partial charge in [-0.25, -0.2) is 4.79 Å². The number of aliphatic hydroxyl groups excluding tert-OH is 1. The molecule has 4 atom stereocenters. The molecule has 210 valence electrons. The molecule has 0 bridgehead atoms. The van der Waals surface area contributed by atoms with Crippen molar-refractivity contribution in [1.82, 2.24) is 10.6 Å². The number of methoxy groups -OCH3 is 1. The average molecular weight is 549 g/mol. The first-order chi connectivity index (χ1) is 17.9. The van der Waals surface area contributed by atoms with Gasteiger partial charge in [0.1, 0.15) is 12.1 Å². The van der Waals surface area contributed by atoms with E-state index >= 15 is 0 Å². The highest BCUT2D eigenvalue weighted by atomic mass is 35.5. The number of amides is 2. The van der Waals surface area contributed by atoms with E-state index in [1.807, 2.05) is 39.8 Å². The lowest BCUT2D eigenvalue weighted by Gasteiger charge is -2.25. The number of esters is 1. The number of rotatable bonds is 14. The van der Waals surface area contributed by atoms with Crippen LogP contribution in [0.5, 0.6) is 0 Å². The fourth-order valence-corrected chi connectivity index (χ4v) is 3.64. The molecule has 1 heterocycles. The van der Waals surface area contributed by atoms with E-state index in [0.29, 0.717) is 24.3 Å². The summed E-state index contributed by atoms with van der Waals surface area (Å²) < 4.78 is 10.4. The molecule has 1 aliphatic rings. The Kier molecular flexibility index (Phi) is 15.1. The van der Waals surface area contributed by atoms with Crippen LogP contribution in [0, 0.1) is 11.8 Å². The van der Waals surface area contributed by atoms with Crippen molar-refractivity contribution in [2.75, 3.05) is 7.11 Å². The van der Waals surface area contributed by atoms with Crippen LogP contribution in [0.1, 0.15) is 53.9 Å². The number of carbonyl (C=O) groups is 3. The Bertz CT molecular complexity index is 989. The number of halogens is 1. The van der Waals surface area contributed by atoms with Crippen LogP contribution in [-0.2, 0) is 23.9 Å². The van der Waals surface area contributed by atoms with Gasteiger partial charge in [-0.1, -0.05) is 74.4 Å². The number of carbonyl (C=O) groups excluding carboxylic acids is 3. The maximum absolute atomic E-state index is 12.5. The molecular formula is C29H41ClN2O6. The number of hydrogen-bond donors (Lipinski definition) is 3. The zero-order chi connectivity index (χ0) is 28.7. The van der Waals surface area contributed by atoms with E-state index in [2.05, 4.69) is 10.6 Å². The third-order valence-electron chi connectivity index (χ3n) is 5.71. The first-order valence-corrected chi connectivity index (χ1v) is 13.1. The molecule has 0 spiro atoms. The molecular weight excluding hydrogens is 508 g/mol. The van der Waals surface area contributed by atoms with E-state index in [-0.39, 0.29) is 29.6 Å². The van der Waals surface area contributed by atoms with Gasteiger partial charge in [0.2, 0.25) is 11.8 Å². The van der Waals surface area contributed by atoms with Crippen molar-refractivity contribution < 1.29 is 29.0 Å². The minimum absolute atomic E-state index is 0.000152. The lowest BCUT2D eigenvalue weighted by Crippen LogP contribution is -2.48. The quantitative estimate of drug-likeness (QED) is 0.166. The van der Waals surface area contributed by atoms with E-state index < -0.39 is 24.0 Å². The van der Waals surface area contributed by atoms with Gasteiger partial charge in [-0.3, -0.25) is 9.59 Å². The first kappa shape index (κ1) is 32.9. The van der Waals surface area contributed by atoms with Gasteiger partial charge in [0.05, 0.1) is 13.2 Å². The van der Waals surface area contributed by atoms with E-state index in [1.54, 1.807) is 37.3 Å². The molecule has 0 saturated heterocycles. The Morgan fingerprint density at radius 3 is 2.50 bits per heavy atom. The predicted octanol–water partition coefficient (Wildman–Crippen LogP) is 4.58. The molecule has 1 unspecified atom stereocenters. The number of allylic oxidation sites excluding steroid dienone is 5. The summed E-state index contributed by atoms with van der Waals surface area (Å²) in [6, 6.07) is -0.721. The molecule has 0 fully saturated rings. The molecule has 1 aliphatic heterocycles. The van der Waals surface area contributed by atoms with Crippen LogP contribution in [0.3, 0.4) is 0 Å². The van der Waals surface area contributed by atoms with E-state index in [4.69, 9.17) is 21.1 Å². The van der Waals surface area contributed by atoms with Gasteiger partial charge in [-0.05, 0) is 44.9 Å². The summed E-state index contributed by atoms with van der Waals surface area (Å²) in [4.78, 5) is 36.7. The highest BCUT2D eigenvalue weighted by Crippen LogP contribution is 2.22. The van der Waals surface area contributed by atoms with Crippen molar-refractivity contribution >= 4 is 29.4 Å². The normalized spacial score (nSPS) is 19.4. The number of cyclic esters (lactones) is 1. The third kappa shape index (κ3) is 12.9. The largest absolute Gasteiger partial charge is 0.490 e. The SMILES string of the molecule is COC1=CCC([C@@H](C)/C=C(C)/C=C\C=C/C(=O)N[C@H](C(=O)N/C=C\C[C@@H](O)C/C=C(\C)Cl)C(C)C)OC1=O. The molecule has 0 aromatic heterocycles. The summed E-state index contributed by atoms with van der Waals surface area (Å²) in [6.07, 6.45) is 15.6. The van der Waals surface area contributed by atoms with Crippen LogP contribution in [0.2, 0.25) is 0 Å². The minimum Gasteiger partial charge on any atom is -0.490 e. The van der Waals surface area contributed by atoms with Crippen LogP contribution in [0.4, 0.5) is 0 Å². The van der Waals surface area contributed by atoms with Gasteiger partial charge in [0, 0.05) is 23.4 Å². The molecule has 0 aliphatic carbocycles. The van der Waals surface area contributed by atoms with Crippen LogP contribution < -0.4 is 10.6 Å². The van der Waals surface area contributed by atoms with Crippen molar-refractivity contribution in [2.45, 2.75) is 72.1 Å². The highest BCUT2D eigenvalue weighted by Gasteiger charge is 2.27. The van der Waals surface area contributed by atoms with Crippen molar-refractivity contribution in [1.29, 1.82) is 0 Å². The summed E-state index contributed by atoms with van der Waals surface area (Å²) >= 11 is 5.75. The molecule has 0 radical (unpaired) electrons. The molecule has 8 nitrogen and oxygen atoms in total. The second-order valence-electron chi connectivity index (χ2n) is 9.50. The summed E-state index contributed by atoms with van der Waals surface area (Å²) in [5.41, 5.74) is 0.949. The topological polar surface area (TPSA) is 114 Å². The highest BCUT2D eigenvalue weighted by molar-refractivity contribution is 6.29. The Balaban J connectivity index is 2.56. The molecule has 9 heteroatoms. The Hall–Kier alpha value is -3.10. The van der Waals surface area contributed by atoms with Gasteiger partial charge < -0.3 is 25.2 Å². The molecule has 0 aromatic rings. The maximum atomic E-state index is 12.5. The van der Waals surface area contributed by atoms with E-state index in [1.165, 1.54) is 19.4 Å². The van der Waals surface area contributed by atoms with E-state index in [0.717, 1.165) is 5.57 Å². The molecule has 1 rings (SSSR count). The fraction of sp³-hybridized carbons (Fsp3) is 0.483. The van der Waals surface area contributed by atoms with Crippen LogP contribution in [-0.4, -0.2) is 48.2 Å². The zero-order valence-electron chi connectivity index (χ0n) is 23.1. The average Bonchev–Trinajstić information content (AvgIpc) is 2.86. The molecule has 2 amide bonds. The predicted molar refractivity (Wildman–Crippen MR) is 150 cm³/mol. The summed E-state index contributed by atoms with van der Waals surface area (Å²) in [5, 5.41) is 15.9. The lowest BCUT2D eigenvalue weighted by molar-refractivity contribution is -0.151. The summed E-state index contributed by atoms with van der Waals surface area (Å²) in [5.74, 6) is -1.10. The van der Waals surface area contributed by atoms with E-state index in [9.17, 15) is 19.5 Å². The van der Waals surface area contributed by atoms with Crippen molar-refractivity contribution in [3.8, 4) is 0 Å². The summed E-state index contributed by atoms with van der Waals surface area (Å²) in [6.45, 7) is 9.31.